The van der Waals surface area contributed by atoms with E-state index in [0.29, 0.717) is 44.4 Å². The van der Waals surface area contributed by atoms with E-state index in [4.69, 9.17) is 9.47 Å². The molecule has 0 bridgehead atoms. The topological polar surface area (TPSA) is 93.7 Å². The molecule has 0 radical (unpaired) electrons. The zero-order chi connectivity index (χ0) is 26.0. The molecule has 0 heterocycles. The summed E-state index contributed by atoms with van der Waals surface area (Å²) in [5.41, 5.74) is -0.589. The number of benzene rings is 1. The number of ether oxygens (including phenoxy) is 2. The Morgan fingerprint density at radius 3 is 2.34 bits per heavy atom. The van der Waals surface area contributed by atoms with Gasteiger partial charge in [0.1, 0.15) is 12.2 Å². The molecule has 0 unspecified atom stereocenters. The van der Waals surface area contributed by atoms with E-state index in [9.17, 15) is 27.6 Å². The standard InChI is InChI=1S/C25H35F3N2O5/c1-25(2,3)35-24(33)29-14-8-4-5-11-19(30-23(32)16-9-6-7-10-16)20(31)15-34-22-18(27)13-12-17(26)21(22)28/h12-13,16,19H,4-11,14-15H2,1-3H3,(H,29,33)(H,30,32)/t19-/m0/s1. The maximum atomic E-state index is 13.8. The molecule has 0 spiro atoms. The Bertz CT molecular complexity index is 883. The van der Waals surface area contributed by atoms with Crippen LogP contribution in [0.15, 0.2) is 12.1 Å². The minimum atomic E-state index is -1.51. The number of hydrogen-bond acceptors (Lipinski definition) is 5. The van der Waals surface area contributed by atoms with Crippen molar-refractivity contribution in [2.75, 3.05) is 13.2 Å². The molecule has 1 aliphatic rings. The lowest BCUT2D eigenvalue weighted by atomic mass is 10.0. The number of hydrogen-bond donors (Lipinski definition) is 2. The first kappa shape index (κ1) is 28.5. The average Bonchev–Trinajstić information content (AvgIpc) is 3.31. The Labute approximate surface area is 204 Å². The predicted molar refractivity (Wildman–Crippen MR) is 123 cm³/mol. The molecule has 0 aliphatic heterocycles. The summed E-state index contributed by atoms with van der Waals surface area (Å²) in [6.45, 7) is 4.98. The van der Waals surface area contributed by atoms with Gasteiger partial charge < -0.3 is 20.1 Å². The summed E-state index contributed by atoms with van der Waals surface area (Å²) >= 11 is 0. The Morgan fingerprint density at radius 1 is 1.03 bits per heavy atom. The van der Waals surface area contributed by atoms with Gasteiger partial charge in [-0.05, 0) is 58.6 Å². The van der Waals surface area contributed by atoms with Gasteiger partial charge in [-0.25, -0.2) is 13.6 Å². The molecule has 2 rings (SSSR count). The predicted octanol–water partition coefficient (Wildman–Crippen LogP) is 4.81. The van der Waals surface area contributed by atoms with Gasteiger partial charge in [0.2, 0.25) is 11.7 Å². The van der Waals surface area contributed by atoms with Crippen LogP contribution in [0.3, 0.4) is 0 Å². The molecule has 10 heteroatoms. The minimum absolute atomic E-state index is 0.164. The van der Waals surface area contributed by atoms with Gasteiger partial charge in [0, 0.05) is 12.5 Å². The molecule has 196 valence electrons. The van der Waals surface area contributed by atoms with Crippen molar-refractivity contribution in [2.45, 2.75) is 83.8 Å². The van der Waals surface area contributed by atoms with Crippen molar-refractivity contribution in [3.63, 3.8) is 0 Å². The molecule has 1 atom stereocenters. The van der Waals surface area contributed by atoms with Crippen molar-refractivity contribution >= 4 is 17.8 Å². The Morgan fingerprint density at radius 2 is 1.69 bits per heavy atom. The van der Waals surface area contributed by atoms with Gasteiger partial charge in [-0.15, -0.1) is 0 Å². The van der Waals surface area contributed by atoms with E-state index in [1.807, 2.05) is 0 Å². The van der Waals surface area contributed by atoms with Crippen LogP contribution in [0.4, 0.5) is 18.0 Å². The lowest BCUT2D eigenvalue weighted by Gasteiger charge is -2.21. The largest absolute Gasteiger partial charge is 0.480 e. The van der Waals surface area contributed by atoms with E-state index in [0.717, 1.165) is 25.7 Å². The van der Waals surface area contributed by atoms with Crippen molar-refractivity contribution in [3.8, 4) is 5.75 Å². The van der Waals surface area contributed by atoms with E-state index in [1.54, 1.807) is 20.8 Å². The lowest BCUT2D eigenvalue weighted by Crippen LogP contribution is -2.45. The normalized spacial score (nSPS) is 14.9. The summed E-state index contributed by atoms with van der Waals surface area (Å²) in [7, 11) is 0. The molecule has 35 heavy (non-hydrogen) atoms. The van der Waals surface area contributed by atoms with Crippen molar-refractivity contribution in [1.82, 2.24) is 10.6 Å². The highest BCUT2D eigenvalue weighted by atomic mass is 19.2. The first-order valence-corrected chi connectivity index (χ1v) is 12.0. The molecular weight excluding hydrogens is 465 g/mol. The third kappa shape index (κ3) is 9.78. The van der Waals surface area contributed by atoms with E-state index in [-0.39, 0.29) is 11.8 Å². The SMILES string of the molecule is CC(C)(C)OC(=O)NCCCCC[C@H](NC(=O)C1CCCC1)C(=O)COc1c(F)ccc(F)c1F. The summed E-state index contributed by atoms with van der Waals surface area (Å²) in [6, 6.07) is 0.437. The Balaban J connectivity index is 1.87. The van der Waals surface area contributed by atoms with Gasteiger partial charge >= 0.3 is 6.09 Å². The van der Waals surface area contributed by atoms with Crippen LogP contribution in [0.25, 0.3) is 0 Å². The number of ketones is 1. The maximum Gasteiger partial charge on any atom is 0.407 e. The first-order valence-electron chi connectivity index (χ1n) is 12.0. The molecule has 1 aliphatic carbocycles. The maximum absolute atomic E-state index is 13.8. The highest BCUT2D eigenvalue weighted by molar-refractivity contribution is 5.90. The number of carbonyl (C=O) groups is 3. The van der Waals surface area contributed by atoms with Gasteiger partial charge in [0.05, 0.1) is 6.04 Å². The summed E-state index contributed by atoms with van der Waals surface area (Å²) in [6.07, 6.45) is 5.02. The number of nitrogens with one attached hydrogen (secondary N) is 2. The Kier molecular flexibility index (Phi) is 10.9. The number of alkyl carbamates (subject to hydrolysis) is 1. The highest BCUT2D eigenvalue weighted by Gasteiger charge is 2.28. The molecule has 1 aromatic rings. The van der Waals surface area contributed by atoms with Crippen LogP contribution < -0.4 is 15.4 Å². The Hall–Kier alpha value is -2.78. The second-order valence-corrected chi connectivity index (χ2v) is 9.75. The van der Waals surface area contributed by atoms with Crippen molar-refractivity contribution in [3.05, 3.63) is 29.6 Å². The highest BCUT2D eigenvalue weighted by Crippen LogP contribution is 2.26. The van der Waals surface area contributed by atoms with E-state index >= 15 is 0 Å². The van der Waals surface area contributed by atoms with Crippen LogP contribution in [0.2, 0.25) is 0 Å². The third-order valence-electron chi connectivity index (χ3n) is 5.63. The molecule has 0 saturated heterocycles. The quantitative estimate of drug-likeness (QED) is 0.317. The van der Waals surface area contributed by atoms with Crippen LogP contribution in [0.5, 0.6) is 5.75 Å². The lowest BCUT2D eigenvalue weighted by molar-refractivity contribution is -0.131. The van der Waals surface area contributed by atoms with Crippen LogP contribution in [0.1, 0.15) is 72.1 Å². The van der Waals surface area contributed by atoms with Crippen molar-refractivity contribution in [2.24, 2.45) is 5.92 Å². The van der Waals surface area contributed by atoms with Crippen molar-refractivity contribution < 1.29 is 37.0 Å². The van der Waals surface area contributed by atoms with E-state index in [2.05, 4.69) is 10.6 Å². The molecule has 2 N–H and O–H groups in total. The molecule has 2 amide bonds. The van der Waals surface area contributed by atoms with Crippen LogP contribution in [-0.4, -0.2) is 42.6 Å². The van der Waals surface area contributed by atoms with Gasteiger partial charge in [-0.2, -0.15) is 4.39 Å². The summed E-state index contributed by atoms with van der Waals surface area (Å²) < 4.78 is 51.2. The van der Waals surface area contributed by atoms with Crippen LogP contribution in [0, 0.1) is 23.4 Å². The van der Waals surface area contributed by atoms with Crippen LogP contribution in [-0.2, 0) is 14.3 Å². The average molecular weight is 501 g/mol. The molecule has 7 nitrogen and oxygen atoms in total. The van der Waals surface area contributed by atoms with Crippen molar-refractivity contribution in [1.29, 1.82) is 0 Å². The molecule has 0 aromatic heterocycles. The fourth-order valence-corrected chi connectivity index (χ4v) is 3.83. The summed E-state index contributed by atoms with van der Waals surface area (Å²) in [4.78, 5) is 37.0. The number of carbonyl (C=O) groups excluding carboxylic acids is 3. The van der Waals surface area contributed by atoms with Gasteiger partial charge in [0.15, 0.2) is 23.2 Å². The van der Waals surface area contributed by atoms with E-state index < -0.39 is 53.3 Å². The molecule has 1 fully saturated rings. The molecule has 1 saturated carbocycles. The first-order chi connectivity index (χ1) is 16.5. The smallest absolute Gasteiger partial charge is 0.407 e. The number of rotatable bonds is 12. The monoisotopic (exact) mass is 500 g/mol. The fourth-order valence-electron chi connectivity index (χ4n) is 3.83. The fraction of sp³-hybridized carbons (Fsp3) is 0.640. The number of amides is 2. The number of halogens is 3. The molecule has 1 aromatic carbocycles. The van der Waals surface area contributed by atoms with Crippen LogP contribution >= 0.6 is 0 Å². The minimum Gasteiger partial charge on any atom is -0.480 e. The zero-order valence-electron chi connectivity index (χ0n) is 20.6. The second-order valence-electron chi connectivity index (χ2n) is 9.75. The molecular formula is C25H35F3N2O5. The number of Topliss-reactive ketones (excluding diaryl/α,β-unsaturated/α-hetero) is 1. The van der Waals surface area contributed by atoms with E-state index in [1.165, 1.54) is 0 Å². The van der Waals surface area contributed by atoms with Gasteiger partial charge in [-0.3, -0.25) is 9.59 Å². The second kappa shape index (κ2) is 13.3. The zero-order valence-corrected chi connectivity index (χ0v) is 20.6. The third-order valence-corrected chi connectivity index (χ3v) is 5.63. The van der Waals surface area contributed by atoms with Gasteiger partial charge in [-0.1, -0.05) is 25.7 Å². The number of unbranched alkanes of at least 4 members (excludes halogenated alkanes) is 2. The summed E-state index contributed by atoms with van der Waals surface area (Å²) in [5.74, 6) is -5.85. The van der Waals surface area contributed by atoms with Gasteiger partial charge in [0.25, 0.3) is 0 Å². The summed E-state index contributed by atoms with van der Waals surface area (Å²) in [5, 5.41) is 5.40.